The fraction of sp³-hybridized carbons (Fsp3) is 0.125. The van der Waals surface area contributed by atoms with Gasteiger partial charge in [0.1, 0.15) is 17.3 Å². The molecule has 0 spiro atoms. The van der Waals surface area contributed by atoms with E-state index in [0.29, 0.717) is 16.0 Å². The van der Waals surface area contributed by atoms with Crippen molar-refractivity contribution in [2.24, 2.45) is 0 Å². The van der Waals surface area contributed by atoms with Gasteiger partial charge in [0.15, 0.2) is 17.3 Å². The van der Waals surface area contributed by atoms with E-state index in [4.69, 9.17) is 9.47 Å². The Balaban J connectivity index is 1.19. The molecular weight excluding hydrogens is 608 g/mol. The molecule has 0 atom stereocenters. The van der Waals surface area contributed by atoms with Crippen LogP contribution in [0.4, 0.5) is 33.9 Å². The number of fused-ring (bicyclic) bond motifs is 1. The Morgan fingerprint density at radius 3 is 2.48 bits per heavy atom. The van der Waals surface area contributed by atoms with Crippen LogP contribution in [0.2, 0.25) is 0 Å². The highest BCUT2D eigenvalue weighted by atomic mass is 19.4. The van der Waals surface area contributed by atoms with E-state index in [1.54, 1.807) is 37.4 Å². The molecule has 0 fully saturated rings. The molecule has 1 aliphatic heterocycles. The molecule has 2 N–H and O–H groups in total. The summed E-state index contributed by atoms with van der Waals surface area (Å²) in [6, 6.07) is 19.4. The SMILES string of the molecule is COc1ccc(CN2Cc3c(Oc4ccc(NC(=O)c5cnn(-c6ccccc6)c5C(F)(F)F)cc4F)ccnc3NC2=O)cc1. The molecule has 2 aromatic heterocycles. The predicted molar refractivity (Wildman–Crippen MR) is 158 cm³/mol. The molecule has 3 aromatic carbocycles. The zero-order valence-electron chi connectivity index (χ0n) is 24.0. The third-order valence-corrected chi connectivity index (χ3v) is 7.10. The zero-order valence-corrected chi connectivity index (χ0v) is 24.0. The number of hydrogen-bond acceptors (Lipinski definition) is 6. The molecule has 234 valence electrons. The summed E-state index contributed by atoms with van der Waals surface area (Å²) in [5.74, 6) is -1.08. The number of pyridine rings is 1. The minimum Gasteiger partial charge on any atom is -0.497 e. The van der Waals surface area contributed by atoms with Crippen molar-refractivity contribution < 1.29 is 36.6 Å². The van der Waals surface area contributed by atoms with Crippen LogP contribution in [-0.4, -0.2) is 38.7 Å². The number of nitrogens with one attached hydrogen (secondary N) is 2. The fourth-order valence-electron chi connectivity index (χ4n) is 4.88. The van der Waals surface area contributed by atoms with E-state index in [9.17, 15) is 22.8 Å². The molecule has 6 rings (SSSR count). The number of urea groups is 1. The number of anilines is 2. The number of amides is 3. The minimum atomic E-state index is -4.91. The van der Waals surface area contributed by atoms with Gasteiger partial charge in [-0.2, -0.15) is 18.3 Å². The highest BCUT2D eigenvalue weighted by molar-refractivity contribution is 6.05. The number of para-hydroxylation sites is 1. The number of nitrogens with zero attached hydrogens (tertiary/aromatic N) is 4. The van der Waals surface area contributed by atoms with Gasteiger partial charge in [-0.25, -0.2) is 18.9 Å². The molecule has 1 aliphatic rings. The van der Waals surface area contributed by atoms with E-state index in [1.807, 2.05) is 12.1 Å². The Morgan fingerprint density at radius 1 is 1.02 bits per heavy atom. The number of carbonyl (C=O) groups excluding carboxylic acids is 2. The molecule has 3 heterocycles. The largest absolute Gasteiger partial charge is 0.497 e. The molecule has 3 amide bonds. The summed E-state index contributed by atoms with van der Waals surface area (Å²) in [4.78, 5) is 31.4. The van der Waals surface area contributed by atoms with Crippen LogP contribution in [0.1, 0.15) is 27.2 Å². The second kappa shape index (κ2) is 12.2. The van der Waals surface area contributed by atoms with Crippen molar-refractivity contribution in [2.45, 2.75) is 19.3 Å². The van der Waals surface area contributed by atoms with E-state index in [1.165, 1.54) is 41.4 Å². The predicted octanol–water partition coefficient (Wildman–Crippen LogP) is 7.03. The number of aromatic nitrogens is 3. The van der Waals surface area contributed by atoms with Gasteiger partial charge in [0.05, 0.1) is 36.7 Å². The smallest absolute Gasteiger partial charge is 0.434 e. The van der Waals surface area contributed by atoms with Gasteiger partial charge in [-0.15, -0.1) is 0 Å². The molecular formula is C32H24F4N6O4. The maximum atomic E-state index is 15.2. The van der Waals surface area contributed by atoms with Crippen molar-refractivity contribution >= 4 is 23.4 Å². The summed E-state index contributed by atoms with van der Waals surface area (Å²) in [6.45, 7) is 0.386. The lowest BCUT2D eigenvalue weighted by molar-refractivity contribution is -0.143. The quantitative estimate of drug-likeness (QED) is 0.178. The second-order valence-electron chi connectivity index (χ2n) is 10.1. The first-order valence-corrected chi connectivity index (χ1v) is 13.8. The van der Waals surface area contributed by atoms with E-state index >= 15 is 4.39 Å². The molecule has 0 unspecified atom stereocenters. The first kappa shape index (κ1) is 30.1. The molecule has 0 radical (unpaired) electrons. The Labute approximate surface area is 259 Å². The highest BCUT2D eigenvalue weighted by Gasteiger charge is 2.40. The van der Waals surface area contributed by atoms with E-state index in [2.05, 4.69) is 20.7 Å². The van der Waals surface area contributed by atoms with Crippen molar-refractivity contribution in [3.8, 4) is 22.9 Å². The highest BCUT2D eigenvalue weighted by Crippen LogP contribution is 2.36. The molecule has 10 nitrogen and oxygen atoms in total. The van der Waals surface area contributed by atoms with Crippen LogP contribution in [0.3, 0.4) is 0 Å². The summed E-state index contributed by atoms with van der Waals surface area (Å²) in [5.41, 5.74) is -0.645. The van der Waals surface area contributed by atoms with Gasteiger partial charge in [-0.3, -0.25) is 10.1 Å². The average molecular weight is 633 g/mol. The normalized spacial score (nSPS) is 12.7. The van der Waals surface area contributed by atoms with Gasteiger partial charge < -0.3 is 19.7 Å². The first-order valence-electron chi connectivity index (χ1n) is 13.8. The Bertz CT molecular complexity index is 1910. The van der Waals surface area contributed by atoms with Crippen LogP contribution in [0.5, 0.6) is 17.2 Å². The Hall–Kier alpha value is -5.92. The van der Waals surface area contributed by atoms with Gasteiger partial charge in [0.2, 0.25) is 0 Å². The standard InChI is InChI=1S/C32H24F4N6O4/c1-45-22-10-7-19(8-11-22)17-41-18-24-26(13-14-37-29(24)40-31(41)44)46-27-12-9-20(15-25(27)33)39-30(43)23-16-38-42(28(23)32(34,35)36)21-5-3-2-4-6-21/h2-16H,17-18H2,1H3,(H,39,43)(H,37,40,44). The van der Waals surface area contributed by atoms with E-state index in [-0.39, 0.29) is 47.8 Å². The van der Waals surface area contributed by atoms with Crippen LogP contribution in [0, 0.1) is 5.82 Å². The summed E-state index contributed by atoms with van der Waals surface area (Å²) in [6.07, 6.45) is -2.70. The number of rotatable bonds is 8. The lowest BCUT2D eigenvalue weighted by Gasteiger charge is -2.29. The van der Waals surface area contributed by atoms with Crippen molar-refractivity contribution in [1.29, 1.82) is 0 Å². The van der Waals surface area contributed by atoms with Crippen LogP contribution in [0.25, 0.3) is 5.69 Å². The number of alkyl halides is 3. The Kier molecular flexibility index (Phi) is 8.01. The van der Waals surface area contributed by atoms with Gasteiger partial charge in [0, 0.05) is 24.5 Å². The van der Waals surface area contributed by atoms with Gasteiger partial charge in [-0.05, 0) is 48.0 Å². The van der Waals surface area contributed by atoms with E-state index < -0.39 is 29.2 Å². The molecule has 46 heavy (non-hydrogen) atoms. The number of methoxy groups -OCH3 is 1. The van der Waals surface area contributed by atoms with Crippen LogP contribution in [0.15, 0.2) is 91.3 Å². The van der Waals surface area contributed by atoms with Crippen LogP contribution >= 0.6 is 0 Å². The van der Waals surface area contributed by atoms with Crippen molar-refractivity contribution in [1.82, 2.24) is 19.7 Å². The number of benzene rings is 3. The average Bonchev–Trinajstić information content (AvgIpc) is 3.51. The molecule has 0 aliphatic carbocycles. The molecule has 0 saturated heterocycles. The third kappa shape index (κ3) is 6.18. The second-order valence-corrected chi connectivity index (χ2v) is 10.1. The van der Waals surface area contributed by atoms with Crippen molar-refractivity contribution in [3.05, 3.63) is 119 Å². The van der Waals surface area contributed by atoms with Crippen molar-refractivity contribution in [3.63, 3.8) is 0 Å². The number of ether oxygens (including phenoxy) is 2. The van der Waals surface area contributed by atoms with Crippen molar-refractivity contribution in [2.75, 3.05) is 17.7 Å². The monoisotopic (exact) mass is 632 g/mol. The zero-order chi connectivity index (χ0) is 32.4. The third-order valence-electron chi connectivity index (χ3n) is 7.10. The first-order chi connectivity index (χ1) is 22.1. The number of halogens is 4. The summed E-state index contributed by atoms with van der Waals surface area (Å²) in [5, 5.41) is 8.78. The van der Waals surface area contributed by atoms with Crippen LogP contribution < -0.4 is 20.1 Å². The molecule has 0 saturated carbocycles. The fourth-order valence-corrected chi connectivity index (χ4v) is 4.88. The molecule has 14 heteroatoms. The van der Waals surface area contributed by atoms with Crippen LogP contribution in [-0.2, 0) is 19.3 Å². The summed E-state index contributed by atoms with van der Waals surface area (Å²) in [7, 11) is 1.56. The maximum absolute atomic E-state index is 15.2. The van der Waals surface area contributed by atoms with Gasteiger partial charge in [-0.1, -0.05) is 30.3 Å². The lowest BCUT2D eigenvalue weighted by atomic mass is 10.1. The Morgan fingerprint density at radius 2 is 1.78 bits per heavy atom. The lowest BCUT2D eigenvalue weighted by Crippen LogP contribution is -2.38. The number of carbonyl (C=O) groups is 2. The van der Waals surface area contributed by atoms with Gasteiger partial charge in [0.25, 0.3) is 5.91 Å². The topological polar surface area (TPSA) is 111 Å². The summed E-state index contributed by atoms with van der Waals surface area (Å²) >= 11 is 0. The van der Waals surface area contributed by atoms with Gasteiger partial charge >= 0.3 is 12.2 Å². The minimum absolute atomic E-state index is 0.106. The number of hydrogen-bond donors (Lipinski definition) is 2. The summed E-state index contributed by atoms with van der Waals surface area (Å²) < 4.78 is 68.9. The maximum Gasteiger partial charge on any atom is 0.434 e. The molecule has 5 aromatic rings. The molecule has 0 bridgehead atoms. The van der Waals surface area contributed by atoms with E-state index in [0.717, 1.165) is 17.8 Å².